The van der Waals surface area contributed by atoms with Gasteiger partial charge in [0.05, 0.1) is 18.1 Å². The maximum Gasteiger partial charge on any atom is 0.297 e. The Morgan fingerprint density at radius 2 is 1.87 bits per heavy atom. The van der Waals surface area contributed by atoms with Crippen molar-refractivity contribution in [3.8, 4) is 0 Å². The standard InChI is InChI=1S/C10H12O4S/c11-8-4-5-9-14-15(12,13)10-6-2-1-3-7-10/h1-7,11H,8-9H2. The predicted molar refractivity (Wildman–Crippen MR) is 55.8 cm³/mol. The third kappa shape index (κ3) is 3.83. The van der Waals surface area contributed by atoms with Crippen LogP contribution in [0.25, 0.3) is 0 Å². The summed E-state index contributed by atoms with van der Waals surface area (Å²) in [5.74, 6) is 0. The van der Waals surface area contributed by atoms with Gasteiger partial charge < -0.3 is 5.11 Å². The van der Waals surface area contributed by atoms with E-state index >= 15 is 0 Å². The molecular formula is C10H12O4S. The zero-order valence-corrected chi connectivity index (χ0v) is 8.85. The van der Waals surface area contributed by atoms with Crippen molar-refractivity contribution in [3.63, 3.8) is 0 Å². The van der Waals surface area contributed by atoms with E-state index in [9.17, 15) is 8.42 Å². The first-order valence-electron chi connectivity index (χ1n) is 4.37. The van der Waals surface area contributed by atoms with Gasteiger partial charge in [0.15, 0.2) is 0 Å². The van der Waals surface area contributed by atoms with Crippen LogP contribution in [-0.4, -0.2) is 26.7 Å². The second-order valence-corrected chi connectivity index (χ2v) is 4.32. The number of aliphatic hydroxyl groups excluding tert-OH is 1. The summed E-state index contributed by atoms with van der Waals surface area (Å²) in [5, 5.41) is 8.42. The lowest BCUT2D eigenvalue weighted by Gasteiger charge is -2.02. The molecule has 0 spiro atoms. The molecule has 0 fully saturated rings. The van der Waals surface area contributed by atoms with E-state index in [0.29, 0.717) is 0 Å². The Hall–Kier alpha value is -1.17. The van der Waals surface area contributed by atoms with Gasteiger partial charge in [-0.2, -0.15) is 8.42 Å². The number of hydrogen-bond donors (Lipinski definition) is 1. The van der Waals surface area contributed by atoms with Gasteiger partial charge in [0.2, 0.25) is 0 Å². The van der Waals surface area contributed by atoms with Crippen LogP contribution in [0.3, 0.4) is 0 Å². The first kappa shape index (κ1) is 11.9. The van der Waals surface area contributed by atoms with Crippen molar-refractivity contribution in [2.24, 2.45) is 0 Å². The summed E-state index contributed by atoms with van der Waals surface area (Å²) in [4.78, 5) is 0.127. The quantitative estimate of drug-likeness (QED) is 0.601. The molecule has 0 aliphatic rings. The molecule has 0 unspecified atom stereocenters. The summed E-state index contributed by atoms with van der Waals surface area (Å²) in [7, 11) is -3.67. The summed E-state index contributed by atoms with van der Waals surface area (Å²) in [6.45, 7) is -0.202. The van der Waals surface area contributed by atoms with Crippen molar-refractivity contribution in [2.45, 2.75) is 4.90 Å². The molecule has 1 rings (SSSR count). The van der Waals surface area contributed by atoms with Crippen LogP contribution >= 0.6 is 0 Å². The average molecular weight is 228 g/mol. The maximum absolute atomic E-state index is 11.5. The molecular weight excluding hydrogens is 216 g/mol. The second kappa shape index (κ2) is 5.65. The van der Waals surface area contributed by atoms with Gasteiger partial charge in [-0.25, -0.2) is 0 Å². The summed E-state index contributed by atoms with van der Waals surface area (Å²) in [6.07, 6.45) is 2.86. The molecule has 82 valence electrons. The largest absolute Gasteiger partial charge is 0.392 e. The molecule has 0 aromatic heterocycles. The predicted octanol–water partition coefficient (Wildman–Crippen LogP) is 0.940. The average Bonchev–Trinajstić information content (AvgIpc) is 2.26. The van der Waals surface area contributed by atoms with E-state index in [2.05, 4.69) is 0 Å². The molecule has 0 heterocycles. The van der Waals surface area contributed by atoms with Gasteiger partial charge in [0, 0.05) is 0 Å². The molecule has 0 amide bonds. The van der Waals surface area contributed by atoms with Gasteiger partial charge in [-0.15, -0.1) is 0 Å². The van der Waals surface area contributed by atoms with Crippen LogP contribution in [-0.2, 0) is 14.3 Å². The summed E-state index contributed by atoms with van der Waals surface area (Å²) < 4.78 is 27.6. The van der Waals surface area contributed by atoms with Crippen LogP contribution in [0.5, 0.6) is 0 Å². The molecule has 1 aromatic rings. The van der Waals surface area contributed by atoms with Gasteiger partial charge in [0.1, 0.15) is 0 Å². The number of rotatable bonds is 5. The third-order valence-electron chi connectivity index (χ3n) is 1.62. The lowest BCUT2D eigenvalue weighted by molar-refractivity contribution is 0.335. The van der Waals surface area contributed by atoms with Crippen molar-refractivity contribution in [1.82, 2.24) is 0 Å². The molecule has 0 bridgehead atoms. The normalized spacial score (nSPS) is 12.1. The molecule has 0 atom stereocenters. The molecule has 0 radical (unpaired) electrons. The van der Waals surface area contributed by atoms with Crippen LogP contribution in [0, 0.1) is 0 Å². The molecule has 0 saturated heterocycles. The minimum absolute atomic E-state index is 0.0716. The topological polar surface area (TPSA) is 63.6 Å². The third-order valence-corrected chi connectivity index (χ3v) is 2.92. The number of benzene rings is 1. The smallest absolute Gasteiger partial charge is 0.297 e. The monoisotopic (exact) mass is 228 g/mol. The van der Waals surface area contributed by atoms with Crippen molar-refractivity contribution in [3.05, 3.63) is 42.5 Å². The van der Waals surface area contributed by atoms with Gasteiger partial charge in [0.25, 0.3) is 10.1 Å². The van der Waals surface area contributed by atoms with E-state index in [4.69, 9.17) is 9.29 Å². The highest BCUT2D eigenvalue weighted by Gasteiger charge is 2.12. The fraction of sp³-hybridized carbons (Fsp3) is 0.200. The fourth-order valence-corrected chi connectivity index (χ4v) is 1.81. The van der Waals surface area contributed by atoms with Crippen LogP contribution in [0.1, 0.15) is 0 Å². The molecule has 0 aliphatic heterocycles. The molecule has 4 nitrogen and oxygen atoms in total. The van der Waals surface area contributed by atoms with E-state index in [1.54, 1.807) is 18.2 Å². The van der Waals surface area contributed by atoms with E-state index in [0.717, 1.165) is 0 Å². The fourth-order valence-electron chi connectivity index (χ4n) is 0.927. The van der Waals surface area contributed by atoms with Crippen LogP contribution in [0.2, 0.25) is 0 Å². The Morgan fingerprint density at radius 1 is 1.20 bits per heavy atom. The highest BCUT2D eigenvalue weighted by atomic mass is 32.2. The molecule has 15 heavy (non-hydrogen) atoms. The first-order chi connectivity index (χ1) is 7.17. The van der Waals surface area contributed by atoms with Crippen LogP contribution in [0.4, 0.5) is 0 Å². The minimum atomic E-state index is -3.67. The van der Waals surface area contributed by atoms with Crippen molar-refractivity contribution < 1.29 is 17.7 Å². The van der Waals surface area contributed by atoms with E-state index in [1.165, 1.54) is 24.3 Å². The Labute approximate surface area is 88.9 Å². The van der Waals surface area contributed by atoms with Gasteiger partial charge in [-0.3, -0.25) is 4.18 Å². The SMILES string of the molecule is O=S(=O)(OCC=CCO)c1ccccc1. The lowest BCUT2D eigenvalue weighted by Crippen LogP contribution is -2.06. The van der Waals surface area contributed by atoms with E-state index < -0.39 is 10.1 Å². The Morgan fingerprint density at radius 3 is 2.47 bits per heavy atom. The van der Waals surface area contributed by atoms with Gasteiger partial charge in [-0.05, 0) is 12.1 Å². The summed E-state index contributed by atoms with van der Waals surface area (Å²) in [6, 6.07) is 7.90. The molecule has 5 heteroatoms. The zero-order chi connectivity index (χ0) is 11.1. The highest BCUT2D eigenvalue weighted by molar-refractivity contribution is 7.86. The van der Waals surface area contributed by atoms with Crippen LogP contribution < -0.4 is 0 Å². The lowest BCUT2D eigenvalue weighted by atomic mass is 10.4. The number of hydrogen-bond acceptors (Lipinski definition) is 4. The zero-order valence-electron chi connectivity index (χ0n) is 8.04. The Bertz CT molecular complexity index is 408. The minimum Gasteiger partial charge on any atom is -0.392 e. The molecule has 0 aliphatic carbocycles. The summed E-state index contributed by atoms with van der Waals surface area (Å²) >= 11 is 0. The molecule has 1 aromatic carbocycles. The maximum atomic E-state index is 11.5. The summed E-state index contributed by atoms with van der Waals surface area (Å²) in [5.41, 5.74) is 0. The number of aliphatic hydroxyl groups is 1. The highest BCUT2D eigenvalue weighted by Crippen LogP contribution is 2.10. The second-order valence-electron chi connectivity index (χ2n) is 2.71. The van der Waals surface area contributed by atoms with Crippen LogP contribution in [0.15, 0.2) is 47.4 Å². The Kier molecular flexibility index (Phi) is 4.48. The van der Waals surface area contributed by atoms with E-state index in [-0.39, 0.29) is 18.1 Å². The molecule has 0 saturated carbocycles. The molecule has 1 N–H and O–H groups in total. The Balaban J connectivity index is 2.65. The van der Waals surface area contributed by atoms with Gasteiger partial charge in [-0.1, -0.05) is 30.4 Å². The van der Waals surface area contributed by atoms with Gasteiger partial charge >= 0.3 is 0 Å². The van der Waals surface area contributed by atoms with Crippen molar-refractivity contribution in [1.29, 1.82) is 0 Å². The first-order valence-corrected chi connectivity index (χ1v) is 5.78. The van der Waals surface area contributed by atoms with E-state index in [1.807, 2.05) is 0 Å². The van der Waals surface area contributed by atoms with Crippen molar-refractivity contribution in [2.75, 3.05) is 13.2 Å². The van der Waals surface area contributed by atoms with Crippen molar-refractivity contribution >= 4 is 10.1 Å².